The van der Waals surface area contributed by atoms with Crippen LogP contribution < -0.4 is 4.90 Å². The van der Waals surface area contributed by atoms with E-state index in [2.05, 4.69) is 13.0 Å². The van der Waals surface area contributed by atoms with Crippen LogP contribution in [0.5, 0.6) is 5.75 Å². The molecule has 0 bridgehead atoms. The molecule has 9 heteroatoms. The zero-order chi connectivity index (χ0) is 27.7. The number of aliphatic hydroxyl groups excluding tert-OH is 1. The fraction of sp³-hybridized carbons (Fsp3) is 0.400. The number of phenols is 1. The Morgan fingerprint density at radius 2 is 1.92 bits per heavy atom. The van der Waals surface area contributed by atoms with Gasteiger partial charge in [0, 0.05) is 18.1 Å². The van der Waals surface area contributed by atoms with E-state index < -0.39 is 22.7 Å². The Kier molecular flexibility index (Phi) is 7.63. The van der Waals surface area contributed by atoms with Gasteiger partial charge in [-0.25, -0.2) is 4.90 Å². The van der Waals surface area contributed by atoms with Crippen LogP contribution in [-0.2, 0) is 14.3 Å². The zero-order valence-electron chi connectivity index (χ0n) is 21.8. The number of amides is 2. The molecule has 0 aromatic heterocycles. The SMILES string of the molecule is CCC/C(=C\c1cccc(O)c1)CC[C@H]1OC[C@H]2C1=C(CO)C[C@H]1C(=O)N(c3cccc([N+](=O)[O-])c3)C(=O)[C@H]12. The number of nitro benzene ring substituents is 1. The first-order chi connectivity index (χ1) is 18.8. The van der Waals surface area contributed by atoms with Gasteiger partial charge in [0.1, 0.15) is 5.75 Å². The van der Waals surface area contributed by atoms with E-state index in [0.717, 1.165) is 40.9 Å². The molecule has 2 N–H and O–H groups in total. The number of aliphatic hydroxyl groups is 1. The zero-order valence-corrected chi connectivity index (χ0v) is 21.8. The van der Waals surface area contributed by atoms with Gasteiger partial charge in [0.25, 0.3) is 5.69 Å². The average molecular weight is 533 g/mol. The Morgan fingerprint density at radius 3 is 2.64 bits per heavy atom. The highest BCUT2D eigenvalue weighted by Gasteiger charge is 2.57. The number of non-ortho nitro benzene ring substituents is 1. The summed E-state index contributed by atoms with van der Waals surface area (Å²) in [7, 11) is 0. The van der Waals surface area contributed by atoms with E-state index in [1.54, 1.807) is 12.1 Å². The van der Waals surface area contributed by atoms with Crippen molar-refractivity contribution in [3.8, 4) is 5.75 Å². The summed E-state index contributed by atoms with van der Waals surface area (Å²) in [6.07, 6.45) is 5.38. The molecule has 0 saturated carbocycles. The molecule has 2 heterocycles. The number of ether oxygens (including phenoxy) is 1. The highest BCUT2D eigenvalue weighted by atomic mass is 16.6. The molecule has 39 heavy (non-hydrogen) atoms. The summed E-state index contributed by atoms with van der Waals surface area (Å²) in [5.74, 6) is -2.11. The topological polar surface area (TPSA) is 130 Å². The predicted octanol–water partition coefficient (Wildman–Crippen LogP) is 4.78. The largest absolute Gasteiger partial charge is 0.508 e. The van der Waals surface area contributed by atoms with Crippen LogP contribution in [0.4, 0.5) is 11.4 Å². The van der Waals surface area contributed by atoms with Crippen molar-refractivity contribution in [1.82, 2.24) is 0 Å². The number of imide groups is 1. The standard InChI is InChI=1S/C30H32N2O7/c1-2-5-18(12-19-6-3-9-23(34)13-19)10-11-26-27-20(16-33)14-24-28(25(27)17-39-26)30(36)31(29(24)35)21-7-4-8-22(15-21)32(37)38/h3-4,6-9,12-13,15,24-26,28,33-34H,2,5,10-11,14,16-17H2,1H3/b18-12+/t24-,25+,26-,28-/m1/s1. The fourth-order valence-corrected chi connectivity index (χ4v) is 6.38. The highest BCUT2D eigenvalue weighted by molar-refractivity contribution is 6.22. The monoisotopic (exact) mass is 532 g/mol. The number of nitro groups is 1. The third-order valence-corrected chi connectivity index (χ3v) is 8.04. The smallest absolute Gasteiger partial charge is 0.271 e. The number of phenolic OH excluding ortho intramolecular Hbond substituents is 1. The van der Waals surface area contributed by atoms with Crippen molar-refractivity contribution in [3.05, 3.63) is 80.9 Å². The lowest BCUT2D eigenvalue weighted by atomic mass is 9.69. The van der Waals surface area contributed by atoms with E-state index >= 15 is 0 Å². The maximum Gasteiger partial charge on any atom is 0.271 e. The van der Waals surface area contributed by atoms with Crippen LogP contribution in [0, 0.1) is 27.9 Å². The molecule has 0 spiro atoms. The second-order valence-corrected chi connectivity index (χ2v) is 10.5. The van der Waals surface area contributed by atoms with E-state index in [1.807, 2.05) is 12.1 Å². The maximum atomic E-state index is 13.6. The van der Waals surface area contributed by atoms with E-state index in [4.69, 9.17) is 4.74 Å². The lowest BCUT2D eigenvalue weighted by Gasteiger charge is -2.31. The van der Waals surface area contributed by atoms with Crippen molar-refractivity contribution in [2.45, 2.75) is 45.1 Å². The highest BCUT2D eigenvalue weighted by Crippen LogP contribution is 2.50. The van der Waals surface area contributed by atoms with Gasteiger partial charge in [-0.15, -0.1) is 0 Å². The number of fused-ring (bicyclic) bond motifs is 3. The molecule has 4 atom stereocenters. The molecule has 2 aromatic carbocycles. The Bertz CT molecular complexity index is 1360. The van der Waals surface area contributed by atoms with Gasteiger partial charge in [0.05, 0.1) is 41.8 Å². The first-order valence-corrected chi connectivity index (χ1v) is 13.4. The van der Waals surface area contributed by atoms with Gasteiger partial charge < -0.3 is 14.9 Å². The van der Waals surface area contributed by atoms with Gasteiger partial charge in [0.15, 0.2) is 0 Å². The van der Waals surface area contributed by atoms with Crippen molar-refractivity contribution >= 4 is 29.3 Å². The van der Waals surface area contributed by atoms with Crippen molar-refractivity contribution in [1.29, 1.82) is 0 Å². The molecular formula is C30H32N2O7. The van der Waals surface area contributed by atoms with Crippen molar-refractivity contribution in [2.24, 2.45) is 17.8 Å². The van der Waals surface area contributed by atoms with Crippen molar-refractivity contribution < 1.29 is 29.5 Å². The lowest BCUT2D eigenvalue weighted by Crippen LogP contribution is -2.35. The molecule has 9 nitrogen and oxygen atoms in total. The molecule has 0 radical (unpaired) electrons. The molecule has 1 aliphatic carbocycles. The summed E-state index contributed by atoms with van der Waals surface area (Å²) >= 11 is 0. The number of aromatic hydroxyl groups is 1. The molecule has 2 aliphatic heterocycles. The first kappa shape index (κ1) is 26.8. The number of hydrogen-bond donors (Lipinski definition) is 2. The van der Waals surface area contributed by atoms with Crippen LogP contribution in [0.15, 0.2) is 65.3 Å². The van der Waals surface area contributed by atoms with E-state index in [1.165, 1.54) is 29.8 Å². The van der Waals surface area contributed by atoms with Gasteiger partial charge in [-0.2, -0.15) is 0 Å². The summed E-state index contributed by atoms with van der Waals surface area (Å²) in [6, 6.07) is 12.7. The molecule has 2 saturated heterocycles. The van der Waals surface area contributed by atoms with Crippen LogP contribution in [0.25, 0.3) is 6.08 Å². The molecule has 0 unspecified atom stereocenters. The summed E-state index contributed by atoms with van der Waals surface area (Å²) < 4.78 is 6.21. The van der Waals surface area contributed by atoms with E-state index in [9.17, 15) is 29.9 Å². The molecular weight excluding hydrogens is 500 g/mol. The number of anilines is 1. The van der Waals surface area contributed by atoms with Gasteiger partial charge in [-0.3, -0.25) is 19.7 Å². The van der Waals surface area contributed by atoms with Crippen LogP contribution in [0.1, 0.15) is 44.6 Å². The summed E-state index contributed by atoms with van der Waals surface area (Å²) in [5, 5.41) is 31.4. The minimum Gasteiger partial charge on any atom is -0.508 e. The Hall–Kier alpha value is -3.82. The summed E-state index contributed by atoms with van der Waals surface area (Å²) in [6.45, 7) is 2.18. The second kappa shape index (κ2) is 11.1. The van der Waals surface area contributed by atoms with Crippen LogP contribution in [0.2, 0.25) is 0 Å². The maximum absolute atomic E-state index is 13.6. The number of carbonyl (C=O) groups is 2. The Balaban J connectivity index is 1.37. The van der Waals surface area contributed by atoms with Crippen molar-refractivity contribution in [3.63, 3.8) is 0 Å². The molecule has 2 fully saturated rings. The molecule has 2 amide bonds. The quantitative estimate of drug-likeness (QED) is 0.206. The van der Waals surface area contributed by atoms with Crippen LogP contribution >= 0.6 is 0 Å². The van der Waals surface area contributed by atoms with Gasteiger partial charge in [-0.05, 0) is 60.6 Å². The fourth-order valence-electron chi connectivity index (χ4n) is 6.38. The number of rotatable bonds is 9. The summed E-state index contributed by atoms with van der Waals surface area (Å²) in [4.78, 5) is 38.8. The van der Waals surface area contributed by atoms with E-state index in [-0.39, 0.29) is 54.7 Å². The third kappa shape index (κ3) is 5.12. The predicted molar refractivity (Wildman–Crippen MR) is 145 cm³/mol. The number of allylic oxidation sites excluding steroid dienone is 1. The number of benzene rings is 2. The third-order valence-electron chi connectivity index (χ3n) is 8.04. The summed E-state index contributed by atoms with van der Waals surface area (Å²) in [5.41, 5.74) is 3.82. The second-order valence-electron chi connectivity index (χ2n) is 10.5. The van der Waals surface area contributed by atoms with Gasteiger partial charge in [0.2, 0.25) is 11.8 Å². The number of carbonyl (C=O) groups excluding carboxylic acids is 2. The van der Waals surface area contributed by atoms with Gasteiger partial charge in [-0.1, -0.05) is 43.2 Å². The average Bonchev–Trinajstić information content (AvgIpc) is 3.45. The first-order valence-electron chi connectivity index (χ1n) is 13.4. The van der Waals surface area contributed by atoms with Crippen LogP contribution in [-0.4, -0.2) is 46.3 Å². The Morgan fingerprint density at radius 1 is 1.13 bits per heavy atom. The minimum absolute atomic E-state index is 0.191. The van der Waals surface area contributed by atoms with E-state index in [0.29, 0.717) is 6.42 Å². The lowest BCUT2D eigenvalue weighted by molar-refractivity contribution is -0.384. The Labute approximate surface area is 226 Å². The van der Waals surface area contributed by atoms with Gasteiger partial charge >= 0.3 is 0 Å². The minimum atomic E-state index is -0.628. The molecule has 3 aliphatic rings. The normalized spacial score (nSPS) is 24.8. The molecule has 5 rings (SSSR count). The number of hydrogen-bond acceptors (Lipinski definition) is 7. The van der Waals surface area contributed by atoms with Crippen molar-refractivity contribution in [2.75, 3.05) is 18.1 Å². The number of nitrogens with zero attached hydrogens (tertiary/aromatic N) is 2. The molecule has 204 valence electrons. The van der Waals surface area contributed by atoms with Crippen LogP contribution in [0.3, 0.4) is 0 Å². The molecule has 2 aromatic rings.